The highest BCUT2D eigenvalue weighted by Crippen LogP contribution is 2.14. The van der Waals surface area contributed by atoms with Gasteiger partial charge in [-0.05, 0) is 31.9 Å². The summed E-state index contributed by atoms with van der Waals surface area (Å²) in [6.45, 7) is 6.52. The maximum atomic E-state index is 11.9. The van der Waals surface area contributed by atoms with Crippen molar-refractivity contribution in [3.63, 3.8) is 0 Å². The Morgan fingerprint density at radius 3 is 2.22 bits per heavy atom. The van der Waals surface area contributed by atoms with Crippen LogP contribution in [0, 0.1) is 6.92 Å². The van der Waals surface area contributed by atoms with E-state index in [2.05, 4.69) is 10.6 Å². The molecule has 100 valence electrons. The van der Waals surface area contributed by atoms with E-state index in [-0.39, 0.29) is 11.6 Å². The molecule has 0 spiro atoms. The Morgan fingerprint density at radius 1 is 1.22 bits per heavy atom. The molecule has 0 aliphatic rings. The Balaban J connectivity index is 2.63. The van der Waals surface area contributed by atoms with Gasteiger partial charge in [0.05, 0.1) is 5.54 Å². The van der Waals surface area contributed by atoms with Gasteiger partial charge in [0.2, 0.25) is 0 Å². The van der Waals surface area contributed by atoms with Crippen molar-refractivity contribution < 1.29 is 4.79 Å². The number of benzene rings is 1. The van der Waals surface area contributed by atoms with Crippen LogP contribution < -0.4 is 16.4 Å². The SMILES string of the molecule is CCC(CC)(CN)NC(=O)Nc1ccc(C)cc1. The molecule has 4 nitrogen and oxygen atoms in total. The number of urea groups is 1. The molecule has 0 aliphatic heterocycles. The predicted molar refractivity (Wildman–Crippen MR) is 75.7 cm³/mol. The molecular formula is C14H23N3O. The van der Waals surface area contributed by atoms with E-state index in [0.29, 0.717) is 6.54 Å². The fourth-order valence-electron chi connectivity index (χ4n) is 1.81. The van der Waals surface area contributed by atoms with E-state index in [1.54, 1.807) is 0 Å². The van der Waals surface area contributed by atoms with Gasteiger partial charge in [-0.1, -0.05) is 31.5 Å². The Bertz CT molecular complexity index is 374. The van der Waals surface area contributed by atoms with E-state index in [4.69, 9.17) is 5.73 Å². The minimum absolute atomic E-state index is 0.201. The molecule has 4 N–H and O–H groups in total. The van der Waals surface area contributed by atoms with Gasteiger partial charge in [-0.3, -0.25) is 0 Å². The summed E-state index contributed by atoms with van der Waals surface area (Å²) in [6, 6.07) is 7.50. The van der Waals surface area contributed by atoms with Gasteiger partial charge in [0.15, 0.2) is 0 Å². The van der Waals surface area contributed by atoms with Crippen LogP contribution in [0.2, 0.25) is 0 Å². The number of nitrogens with two attached hydrogens (primary N) is 1. The molecule has 0 fully saturated rings. The summed E-state index contributed by atoms with van der Waals surface area (Å²) in [6.07, 6.45) is 1.64. The highest BCUT2D eigenvalue weighted by Gasteiger charge is 2.26. The highest BCUT2D eigenvalue weighted by atomic mass is 16.2. The summed E-state index contributed by atoms with van der Waals surface area (Å²) in [7, 11) is 0. The van der Waals surface area contributed by atoms with Gasteiger partial charge in [-0.2, -0.15) is 0 Å². The second-order valence-corrected chi connectivity index (χ2v) is 4.64. The minimum Gasteiger partial charge on any atom is -0.331 e. The quantitative estimate of drug-likeness (QED) is 0.751. The average molecular weight is 249 g/mol. The van der Waals surface area contributed by atoms with Gasteiger partial charge in [0.1, 0.15) is 0 Å². The Labute approximate surface area is 109 Å². The third-order valence-corrected chi connectivity index (χ3v) is 3.43. The van der Waals surface area contributed by atoms with E-state index in [9.17, 15) is 4.79 Å². The summed E-state index contributed by atoms with van der Waals surface area (Å²) in [5.74, 6) is 0. The number of aryl methyl sites for hydroxylation is 1. The number of hydrogen-bond donors (Lipinski definition) is 3. The van der Waals surface area contributed by atoms with Gasteiger partial charge < -0.3 is 16.4 Å². The van der Waals surface area contributed by atoms with Gasteiger partial charge in [0.25, 0.3) is 0 Å². The van der Waals surface area contributed by atoms with E-state index in [1.165, 1.54) is 5.56 Å². The second-order valence-electron chi connectivity index (χ2n) is 4.64. The fraction of sp³-hybridized carbons (Fsp3) is 0.500. The first-order valence-electron chi connectivity index (χ1n) is 6.41. The number of anilines is 1. The van der Waals surface area contributed by atoms with E-state index < -0.39 is 0 Å². The van der Waals surface area contributed by atoms with Gasteiger partial charge in [0, 0.05) is 12.2 Å². The van der Waals surface area contributed by atoms with Crippen LogP contribution in [-0.4, -0.2) is 18.1 Å². The molecule has 1 rings (SSSR count). The van der Waals surface area contributed by atoms with E-state index >= 15 is 0 Å². The van der Waals surface area contributed by atoms with E-state index in [0.717, 1.165) is 18.5 Å². The second kappa shape index (κ2) is 6.40. The lowest BCUT2D eigenvalue weighted by Crippen LogP contribution is -2.54. The van der Waals surface area contributed by atoms with Crippen molar-refractivity contribution >= 4 is 11.7 Å². The molecule has 2 amide bonds. The van der Waals surface area contributed by atoms with Crippen LogP contribution in [0.15, 0.2) is 24.3 Å². The first-order chi connectivity index (χ1) is 8.55. The summed E-state index contributed by atoms with van der Waals surface area (Å²) in [4.78, 5) is 11.9. The lowest BCUT2D eigenvalue weighted by atomic mass is 9.93. The monoisotopic (exact) mass is 249 g/mol. The van der Waals surface area contributed by atoms with Crippen LogP contribution in [0.4, 0.5) is 10.5 Å². The molecule has 0 heterocycles. The van der Waals surface area contributed by atoms with Crippen molar-refractivity contribution in [2.75, 3.05) is 11.9 Å². The minimum atomic E-state index is -0.311. The molecule has 0 atom stereocenters. The van der Waals surface area contributed by atoms with Crippen LogP contribution in [0.3, 0.4) is 0 Å². The van der Waals surface area contributed by atoms with Crippen molar-refractivity contribution in [3.05, 3.63) is 29.8 Å². The molecule has 0 saturated carbocycles. The zero-order valence-corrected chi connectivity index (χ0v) is 11.4. The number of hydrogen-bond acceptors (Lipinski definition) is 2. The molecule has 18 heavy (non-hydrogen) atoms. The Hall–Kier alpha value is -1.55. The first kappa shape index (κ1) is 14.5. The fourth-order valence-corrected chi connectivity index (χ4v) is 1.81. The van der Waals surface area contributed by atoms with Crippen LogP contribution in [0.5, 0.6) is 0 Å². The largest absolute Gasteiger partial charge is 0.331 e. The van der Waals surface area contributed by atoms with Gasteiger partial charge >= 0.3 is 6.03 Å². The van der Waals surface area contributed by atoms with Gasteiger partial charge in [-0.25, -0.2) is 4.79 Å². The maximum absolute atomic E-state index is 11.9. The van der Waals surface area contributed by atoms with Crippen molar-refractivity contribution in [1.82, 2.24) is 5.32 Å². The first-order valence-corrected chi connectivity index (χ1v) is 6.41. The zero-order chi connectivity index (χ0) is 13.6. The standard InChI is InChI=1S/C14H23N3O/c1-4-14(5-2,10-15)17-13(18)16-12-8-6-11(3)7-9-12/h6-9H,4-5,10,15H2,1-3H3,(H2,16,17,18). The highest BCUT2D eigenvalue weighted by molar-refractivity contribution is 5.89. The normalized spacial score (nSPS) is 11.1. The third kappa shape index (κ3) is 3.74. The average Bonchev–Trinajstić information content (AvgIpc) is 2.39. The number of carbonyl (C=O) groups is 1. The molecule has 0 unspecified atom stereocenters. The number of nitrogens with one attached hydrogen (secondary N) is 2. The van der Waals surface area contributed by atoms with Gasteiger partial charge in [-0.15, -0.1) is 0 Å². The number of amides is 2. The summed E-state index contributed by atoms with van der Waals surface area (Å²) >= 11 is 0. The number of rotatable bonds is 5. The Kier molecular flexibility index (Phi) is 5.16. The molecule has 0 saturated heterocycles. The molecule has 0 aromatic heterocycles. The van der Waals surface area contributed by atoms with E-state index in [1.807, 2.05) is 45.0 Å². The topological polar surface area (TPSA) is 67.1 Å². The molecule has 0 radical (unpaired) electrons. The third-order valence-electron chi connectivity index (χ3n) is 3.43. The van der Waals surface area contributed by atoms with Crippen molar-refractivity contribution in [2.24, 2.45) is 5.73 Å². The predicted octanol–water partition coefficient (Wildman–Crippen LogP) is 2.63. The van der Waals surface area contributed by atoms with Crippen LogP contribution in [-0.2, 0) is 0 Å². The summed E-state index contributed by atoms with van der Waals surface area (Å²) in [5, 5.41) is 5.79. The lowest BCUT2D eigenvalue weighted by molar-refractivity contribution is 0.233. The van der Waals surface area contributed by atoms with Crippen molar-refractivity contribution in [3.8, 4) is 0 Å². The molecular weight excluding hydrogens is 226 g/mol. The van der Waals surface area contributed by atoms with Crippen molar-refractivity contribution in [2.45, 2.75) is 39.2 Å². The molecule has 0 aliphatic carbocycles. The Morgan fingerprint density at radius 2 is 1.78 bits per heavy atom. The van der Waals surface area contributed by atoms with Crippen molar-refractivity contribution in [1.29, 1.82) is 0 Å². The smallest absolute Gasteiger partial charge is 0.319 e. The van der Waals surface area contributed by atoms with Crippen LogP contribution in [0.25, 0.3) is 0 Å². The molecule has 1 aromatic rings. The zero-order valence-electron chi connectivity index (χ0n) is 11.4. The number of carbonyl (C=O) groups excluding carboxylic acids is 1. The summed E-state index contributed by atoms with van der Waals surface area (Å²) < 4.78 is 0. The lowest BCUT2D eigenvalue weighted by Gasteiger charge is -2.31. The molecule has 0 bridgehead atoms. The van der Waals surface area contributed by atoms with Crippen LogP contribution in [0.1, 0.15) is 32.3 Å². The van der Waals surface area contributed by atoms with Crippen LogP contribution >= 0.6 is 0 Å². The molecule has 1 aromatic carbocycles. The summed E-state index contributed by atoms with van der Waals surface area (Å²) in [5.41, 5.74) is 7.39. The maximum Gasteiger partial charge on any atom is 0.319 e. The molecule has 4 heteroatoms.